The zero-order valence-corrected chi connectivity index (χ0v) is 19.5. The van der Waals surface area contributed by atoms with E-state index in [2.05, 4.69) is 25.6 Å². The summed E-state index contributed by atoms with van der Waals surface area (Å²) < 4.78 is 30.8. The summed E-state index contributed by atoms with van der Waals surface area (Å²) in [5.74, 6) is -1.61. The van der Waals surface area contributed by atoms with Crippen LogP contribution >= 0.6 is 11.6 Å². The van der Waals surface area contributed by atoms with Gasteiger partial charge in [0.15, 0.2) is 17.3 Å². The second-order valence-electron chi connectivity index (χ2n) is 8.96. The third-order valence-electron chi connectivity index (χ3n) is 6.34. The molecule has 1 aliphatic rings. The van der Waals surface area contributed by atoms with Gasteiger partial charge in [-0.3, -0.25) is 9.36 Å². The van der Waals surface area contributed by atoms with Crippen molar-refractivity contribution < 1.29 is 18.7 Å². The summed E-state index contributed by atoms with van der Waals surface area (Å²) in [6, 6.07) is 1.58. The Balaban J connectivity index is 1.78. The van der Waals surface area contributed by atoms with E-state index in [1.165, 1.54) is 6.20 Å². The van der Waals surface area contributed by atoms with E-state index in [4.69, 9.17) is 17.3 Å². The molecule has 1 saturated carbocycles. The molecule has 12 heteroatoms. The number of benzene rings is 1. The Bertz CT molecular complexity index is 1200. The molecule has 2 aromatic heterocycles. The average molecular weight is 494 g/mol. The minimum Gasteiger partial charge on any atom is -0.394 e. The first-order valence-corrected chi connectivity index (χ1v) is 11.3. The molecule has 0 saturated heterocycles. The number of nitrogens with one attached hydrogen (secondary N) is 2. The van der Waals surface area contributed by atoms with Crippen LogP contribution in [0.4, 0.5) is 26.4 Å². The molecule has 4 rings (SSSR count). The topological polar surface area (TPSA) is 131 Å². The van der Waals surface area contributed by atoms with Gasteiger partial charge in [-0.2, -0.15) is 4.98 Å². The van der Waals surface area contributed by atoms with Crippen LogP contribution in [0.3, 0.4) is 0 Å². The lowest BCUT2D eigenvalue weighted by Crippen LogP contribution is -2.38. The zero-order valence-electron chi connectivity index (χ0n) is 18.8. The molecule has 0 unspecified atom stereocenters. The number of aliphatic hydroxyl groups excluding tert-OH is 1. The third-order valence-corrected chi connectivity index (χ3v) is 6.56. The van der Waals surface area contributed by atoms with Crippen molar-refractivity contribution in [3.63, 3.8) is 0 Å². The van der Waals surface area contributed by atoms with Crippen molar-refractivity contribution in [1.82, 2.24) is 19.5 Å². The van der Waals surface area contributed by atoms with E-state index in [1.54, 1.807) is 11.5 Å². The van der Waals surface area contributed by atoms with E-state index in [-0.39, 0.29) is 47.2 Å². The van der Waals surface area contributed by atoms with Gasteiger partial charge in [0, 0.05) is 22.5 Å². The number of anilines is 3. The molecule has 3 aromatic rings. The molecule has 9 nitrogen and oxygen atoms in total. The number of rotatable bonds is 7. The molecule has 34 heavy (non-hydrogen) atoms. The van der Waals surface area contributed by atoms with Crippen LogP contribution in [-0.4, -0.2) is 43.2 Å². The molecule has 2 heterocycles. The van der Waals surface area contributed by atoms with Gasteiger partial charge in [-0.05, 0) is 44.7 Å². The van der Waals surface area contributed by atoms with Gasteiger partial charge in [0.25, 0.3) is 0 Å². The SMILES string of the molecule is C[C@@H](CO)Nc1ncc2nc(Nc3c(F)cc(Cl)cc3F)n([C@H]3CC[C@@](C)(C(N)=O)CC3)c2n1. The van der Waals surface area contributed by atoms with E-state index in [9.17, 15) is 18.7 Å². The molecule has 0 spiro atoms. The van der Waals surface area contributed by atoms with Crippen molar-refractivity contribution in [2.75, 3.05) is 17.2 Å². The van der Waals surface area contributed by atoms with Crippen molar-refractivity contribution in [3.8, 4) is 0 Å². The van der Waals surface area contributed by atoms with Gasteiger partial charge in [0.2, 0.25) is 17.8 Å². The molecule has 182 valence electrons. The van der Waals surface area contributed by atoms with Crippen LogP contribution in [0.15, 0.2) is 18.3 Å². The van der Waals surface area contributed by atoms with E-state index in [1.807, 2.05) is 6.92 Å². The predicted octanol–water partition coefficient (Wildman–Crippen LogP) is 3.90. The van der Waals surface area contributed by atoms with Crippen LogP contribution in [0.25, 0.3) is 11.2 Å². The minimum atomic E-state index is -0.862. The Hall–Kier alpha value is -3.05. The number of carbonyl (C=O) groups is 1. The molecule has 1 atom stereocenters. The summed E-state index contributed by atoms with van der Waals surface area (Å²) in [4.78, 5) is 25.2. The summed E-state index contributed by atoms with van der Waals surface area (Å²) in [5.41, 5.74) is 5.46. The van der Waals surface area contributed by atoms with Crippen LogP contribution in [0.5, 0.6) is 0 Å². The molecular formula is C22H26ClF2N7O2. The lowest BCUT2D eigenvalue weighted by Gasteiger charge is -2.35. The molecule has 1 amide bonds. The highest BCUT2D eigenvalue weighted by molar-refractivity contribution is 6.30. The number of aliphatic hydroxyl groups is 1. The quantitative estimate of drug-likeness (QED) is 0.392. The van der Waals surface area contributed by atoms with Gasteiger partial charge >= 0.3 is 0 Å². The fourth-order valence-corrected chi connectivity index (χ4v) is 4.37. The standard InChI is InChI=1S/C22H26ClF2N7O2/c1-11(10-33)28-20-27-9-16-18(31-20)32(13-3-5-22(2,6-4-13)19(26)34)21(29-16)30-17-14(24)7-12(23)8-15(17)25/h7-9,11,13,33H,3-6,10H2,1-2H3,(H2,26,34)(H,29,30)(H,27,28,31)/t11-,13-,22+/m0/s1. The van der Waals surface area contributed by atoms with Gasteiger partial charge < -0.3 is 21.5 Å². The van der Waals surface area contributed by atoms with Crippen LogP contribution in [0.1, 0.15) is 45.6 Å². The molecule has 1 aliphatic carbocycles. The number of primary amides is 1. The fraction of sp³-hybridized carbons (Fsp3) is 0.455. The number of nitrogens with zero attached hydrogens (tertiary/aromatic N) is 4. The number of carbonyl (C=O) groups excluding carboxylic acids is 1. The summed E-state index contributed by atoms with van der Waals surface area (Å²) in [6.07, 6.45) is 3.78. The van der Waals surface area contributed by atoms with E-state index in [0.717, 1.165) is 12.1 Å². The number of hydrogen-bond acceptors (Lipinski definition) is 7. The van der Waals surface area contributed by atoms with Gasteiger partial charge in [-0.1, -0.05) is 18.5 Å². The number of amides is 1. The largest absolute Gasteiger partial charge is 0.394 e. The maximum absolute atomic E-state index is 14.5. The van der Waals surface area contributed by atoms with Gasteiger partial charge in [-0.15, -0.1) is 0 Å². The van der Waals surface area contributed by atoms with Crippen LogP contribution in [-0.2, 0) is 4.79 Å². The van der Waals surface area contributed by atoms with Crippen LogP contribution in [0, 0.1) is 17.0 Å². The molecule has 1 aromatic carbocycles. The van der Waals surface area contributed by atoms with Crippen LogP contribution < -0.4 is 16.4 Å². The van der Waals surface area contributed by atoms with Gasteiger partial charge in [-0.25, -0.2) is 18.7 Å². The second-order valence-corrected chi connectivity index (χ2v) is 9.40. The Morgan fingerprint density at radius 2 is 1.97 bits per heavy atom. The first kappa shape index (κ1) is 24.1. The average Bonchev–Trinajstić information content (AvgIpc) is 3.14. The summed E-state index contributed by atoms with van der Waals surface area (Å²) in [5, 5.41) is 15.0. The molecule has 0 radical (unpaired) electrons. The number of imidazole rings is 1. The van der Waals surface area contributed by atoms with Gasteiger partial charge in [0.1, 0.15) is 11.2 Å². The van der Waals surface area contributed by atoms with E-state index < -0.39 is 17.0 Å². The molecule has 0 aliphatic heterocycles. The lowest BCUT2D eigenvalue weighted by molar-refractivity contribution is -0.128. The smallest absolute Gasteiger partial charge is 0.225 e. The maximum Gasteiger partial charge on any atom is 0.225 e. The normalized spacial score (nSPS) is 21.4. The Morgan fingerprint density at radius 1 is 1.32 bits per heavy atom. The third kappa shape index (κ3) is 4.62. The molecule has 0 bridgehead atoms. The molecule has 1 fully saturated rings. The number of nitrogens with two attached hydrogens (primary N) is 1. The highest BCUT2D eigenvalue weighted by Gasteiger charge is 2.37. The predicted molar refractivity (Wildman–Crippen MR) is 125 cm³/mol. The number of aromatic nitrogens is 4. The number of fused-ring (bicyclic) bond motifs is 1. The van der Waals surface area contributed by atoms with Gasteiger partial charge in [0.05, 0.1) is 12.8 Å². The molecule has 5 N–H and O–H groups in total. The number of hydrogen-bond donors (Lipinski definition) is 4. The maximum atomic E-state index is 14.5. The summed E-state index contributed by atoms with van der Waals surface area (Å²) in [6.45, 7) is 3.50. The highest BCUT2D eigenvalue weighted by atomic mass is 35.5. The van der Waals surface area contributed by atoms with Crippen molar-refractivity contribution in [2.24, 2.45) is 11.1 Å². The van der Waals surface area contributed by atoms with Crippen LogP contribution in [0.2, 0.25) is 5.02 Å². The summed E-state index contributed by atoms with van der Waals surface area (Å²) >= 11 is 5.76. The highest BCUT2D eigenvalue weighted by Crippen LogP contribution is 2.43. The van der Waals surface area contributed by atoms with Crippen molar-refractivity contribution in [3.05, 3.63) is 35.0 Å². The monoisotopic (exact) mass is 493 g/mol. The minimum absolute atomic E-state index is 0.0633. The van der Waals surface area contributed by atoms with E-state index in [0.29, 0.717) is 36.8 Å². The first-order chi connectivity index (χ1) is 16.1. The lowest BCUT2D eigenvalue weighted by atomic mass is 9.73. The molecular weight excluding hydrogens is 468 g/mol. The summed E-state index contributed by atoms with van der Waals surface area (Å²) in [7, 11) is 0. The zero-order chi connectivity index (χ0) is 24.6. The van der Waals surface area contributed by atoms with Crippen molar-refractivity contribution in [1.29, 1.82) is 0 Å². The second kappa shape index (κ2) is 9.30. The Morgan fingerprint density at radius 3 is 2.56 bits per heavy atom. The first-order valence-electron chi connectivity index (χ1n) is 10.9. The Labute approximate surface area is 199 Å². The Kier molecular flexibility index (Phi) is 6.59. The van der Waals surface area contributed by atoms with Crippen molar-refractivity contribution >= 4 is 46.3 Å². The fourth-order valence-electron chi connectivity index (χ4n) is 4.18. The number of halogens is 3. The van der Waals surface area contributed by atoms with Crippen molar-refractivity contribution in [2.45, 2.75) is 51.6 Å². The van der Waals surface area contributed by atoms with E-state index >= 15 is 0 Å².